The monoisotopic (exact) mass is 239 g/mol. The summed E-state index contributed by atoms with van der Waals surface area (Å²) in [5.41, 5.74) is 7.23. The van der Waals surface area contributed by atoms with E-state index in [0.29, 0.717) is 16.0 Å². The second-order valence-corrected chi connectivity index (χ2v) is 3.72. The van der Waals surface area contributed by atoms with Crippen LogP contribution in [0.1, 0.15) is 0 Å². The van der Waals surface area contributed by atoms with Crippen molar-refractivity contribution in [2.75, 3.05) is 5.73 Å². The van der Waals surface area contributed by atoms with Gasteiger partial charge >= 0.3 is 0 Å². The fraction of sp³-hybridized carbons (Fsp3) is 0. The van der Waals surface area contributed by atoms with Crippen molar-refractivity contribution in [3.63, 3.8) is 0 Å². The summed E-state index contributed by atoms with van der Waals surface area (Å²) in [6.07, 6.45) is 3.11. The fourth-order valence-electron chi connectivity index (χ4n) is 1.26. The number of nitrogens with two attached hydrogens (primary N) is 1. The van der Waals surface area contributed by atoms with E-state index in [2.05, 4.69) is 9.97 Å². The largest absolute Gasteiger partial charge is 0.383 e. The third-order valence-corrected chi connectivity index (χ3v) is 2.46. The summed E-state index contributed by atoms with van der Waals surface area (Å²) in [4.78, 5) is 7.85. The van der Waals surface area contributed by atoms with E-state index in [-0.39, 0.29) is 0 Å². The van der Waals surface area contributed by atoms with Gasteiger partial charge in [0.25, 0.3) is 0 Å². The Bertz CT molecular complexity index is 500. The number of nitrogens with zero attached hydrogens (tertiary/aromatic N) is 2. The third kappa shape index (κ3) is 2.03. The van der Waals surface area contributed by atoms with Crippen molar-refractivity contribution in [1.29, 1.82) is 0 Å². The van der Waals surface area contributed by atoms with Gasteiger partial charge in [-0.1, -0.05) is 23.2 Å². The lowest BCUT2D eigenvalue weighted by Crippen LogP contribution is -1.93. The summed E-state index contributed by atoms with van der Waals surface area (Å²) in [6.45, 7) is 0. The molecule has 0 spiro atoms. The smallest absolute Gasteiger partial charge is 0.131 e. The molecule has 2 N–H and O–H groups in total. The number of hydrogen-bond donors (Lipinski definition) is 1. The second kappa shape index (κ2) is 4.04. The highest BCUT2D eigenvalue weighted by molar-refractivity contribution is 6.34. The van der Waals surface area contributed by atoms with Crippen LogP contribution < -0.4 is 5.73 Å². The minimum atomic E-state index is 0.373. The van der Waals surface area contributed by atoms with E-state index >= 15 is 0 Å². The Morgan fingerprint density at radius 3 is 2.67 bits per heavy atom. The zero-order valence-corrected chi connectivity index (χ0v) is 9.13. The molecule has 0 aromatic carbocycles. The maximum atomic E-state index is 6.00. The van der Waals surface area contributed by atoms with Gasteiger partial charge in [-0.15, -0.1) is 0 Å². The first-order valence-electron chi connectivity index (χ1n) is 4.20. The number of rotatable bonds is 1. The average Bonchev–Trinajstić information content (AvgIpc) is 2.23. The van der Waals surface area contributed by atoms with Crippen molar-refractivity contribution in [1.82, 2.24) is 9.97 Å². The molecule has 5 heteroatoms. The number of anilines is 1. The lowest BCUT2D eigenvalue weighted by Gasteiger charge is -2.06. The van der Waals surface area contributed by atoms with Crippen LogP contribution in [-0.4, -0.2) is 9.97 Å². The van der Waals surface area contributed by atoms with Gasteiger partial charge in [0.1, 0.15) is 11.0 Å². The van der Waals surface area contributed by atoms with Crippen LogP contribution in [0.2, 0.25) is 10.2 Å². The number of nitrogen functional groups attached to an aromatic ring is 1. The summed E-state index contributed by atoms with van der Waals surface area (Å²) in [7, 11) is 0. The first-order valence-corrected chi connectivity index (χ1v) is 4.96. The number of halogens is 2. The molecule has 0 saturated carbocycles. The topological polar surface area (TPSA) is 51.8 Å². The lowest BCUT2D eigenvalue weighted by molar-refractivity contribution is 1.31. The van der Waals surface area contributed by atoms with Gasteiger partial charge in [-0.25, -0.2) is 9.97 Å². The summed E-state index contributed by atoms with van der Waals surface area (Å²) in [6, 6.07) is 5.29. The predicted molar refractivity (Wildman–Crippen MR) is 61.9 cm³/mol. The van der Waals surface area contributed by atoms with E-state index in [1.54, 1.807) is 18.3 Å². The number of pyridine rings is 2. The molecular formula is C10H7Cl2N3. The van der Waals surface area contributed by atoms with E-state index < -0.39 is 0 Å². The third-order valence-electron chi connectivity index (χ3n) is 1.95. The molecular weight excluding hydrogens is 233 g/mol. The molecule has 2 rings (SSSR count). The molecule has 15 heavy (non-hydrogen) atoms. The summed E-state index contributed by atoms with van der Waals surface area (Å²) < 4.78 is 0. The molecule has 2 aromatic heterocycles. The van der Waals surface area contributed by atoms with Gasteiger partial charge in [0.05, 0.1) is 5.02 Å². The Labute approximate surface area is 96.9 Å². The zero-order chi connectivity index (χ0) is 10.8. The van der Waals surface area contributed by atoms with Crippen molar-refractivity contribution in [2.45, 2.75) is 0 Å². The van der Waals surface area contributed by atoms with Crippen molar-refractivity contribution in [3.8, 4) is 11.1 Å². The Hall–Kier alpha value is -1.32. The Morgan fingerprint density at radius 1 is 1.13 bits per heavy atom. The molecule has 0 amide bonds. The van der Waals surface area contributed by atoms with E-state index in [4.69, 9.17) is 28.9 Å². The lowest BCUT2D eigenvalue weighted by atomic mass is 10.1. The highest BCUT2D eigenvalue weighted by Crippen LogP contribution is 2.31. The summed E-state index contributed by atoms with van der Waals surface area (Å²) in [5, 5.41) is 0.872. The average molecular weight is 240 g/mol. The maximum absolute atomic E-state index is 6.00. The van der Waals surface area contributed by atoms with Crippen LogP contribution in [0, 0.1) is 0 Å². The van der Waals surface area contributed by atoms with Crippen molar-refractivity contribution >= 4 is 29.0 Å². The molecule has 0 bridgehead atoms. The molecule has 0 unspecified atom stereocenters. The van der Waals surface area contributed by atoms with Gasteiger partial charge in [0.15, 0.2) is 0 Å². The van der Waals surface area contributed by atoms with Crippen LogP contribution in [0.25, 0.3) is 11.1 Å². The van der Waals surface area contributed by atoms with Crippen molar-refractivity contribution in [2.24, 2.45) is 0 Å². The summed E-state index contributed by atoms with van der Waals surface area (Å²) >= 11 is 11.8. The van der Waals surface area contributed by atoms with Gasteiger partial charge in [-0.2, -0.15) is 0 Å². The zero-order valence-electron chi connectivity index (χ0n) is 7.61. The molecule has 0 aliphatic rings. The molecule has 0 radical (unpaired) electrons. The van der Waals surface area contributed by atoms with Crippen LogP contribution in [-0.2, 0) is 0 Å². The van der Waals surface area contributed by atoms with Crippen LogP contribution in [0.15, 0.2) is 30.6 Å². The minimum absolute atomic E-state index is 0.373. The molecule has 0 atom stereocenters. The maximum Gasteiger partial charge on any atom is 0.131 e. The highest BCUT2D eigenvalue weighted by Gasteiger charge is 2.08. The molecule has 3 nitrogen and oxygen atoms in total. The van der Waals surface area contributed by atoms with Gasteiger partial charge < -0.3 is 5.73 Å². The standard InChI is InChI=1S/C10H7Cl2N3/c11-8-5-15-9(12)4-7(8)6-2-1-3-14-10(6)13/h1-5H,(H2,13,14). The van der Waals surface area contributed by atoms with Crippen molar-refractivity contribution in [3.05, 3.63) is 40.8 Å². The molecule has 0 aliphatic heterocycles. The normalized spacial score (nSPS) is 10.3. The van der Waals surface area contributed by atoms with Crippen LogP contribution in [0.4, 0.5) is 5.82 Å². The Balaban J connectivity index is 2.64. The quantitative estimate of drug-likeness (QED) is 0.779. The molecule has 0 fully saturated rings. The predicted octanol–water partition coefficient (Wildman–Crippen LogP) is 3.03. The van der Waals surface area contributed by atoms with E-state index in [1.807, 2.05) is 6.07 Å². The van der Waals surface area contributed by atoms with E-state index in [1.165, 1.54) is 6.20 Å². The van der Waals surface area contributed by atoms with Crippen LogP contribution in [0.5, 0.6) is 0 Å². The van der Waals surface area contributed by atoms with Gasteiger partial charge in [0.2, 0.25) is 0 Å². The summed E-state index contributed by atoms with van der Waals surface area (Å²) in [5.74, 6) is 0.418. The molecule has 0 saturated heterocycles. The van der Waals surface area contributed by atoms with Gasteiger partial charge in [-0.3, -0.25) is 0 Å². The van der Waals surface area contributed by atoms with Gasteiger partial charge in [0, 0.05) is 23.5 Å². The highest BCUT2D eigenvalue weighted by atomic mass is 35.5. The molecule has 2 aromatic rings. The first kappa shape index (κ1) is 10.2. The number of aromatic nitrogens is 2. The molecule has 76 valence electrons. The SMILES string of the molecule is Nc1ncccc1-c1cc(Cl)ncc1Cl. The van der Waals surface area contributed by atoms with Crippen LogP contribution >= 0.6 is 23.2 Å². The first-order chi connectivity index (χ1) is 7.18. The van der Waals surface area contributed by atoms with Crippen molar-refractivity contribution < 1.29 is 0 Å². The van der Waals surface area contributed by atoms with E-state index in [9.17, 15) is 0 Å². The fourth-order valence-corrected chi connectivity index (χ4v) is 1.63. The minimum Gasteiger partial charge on any atom is -0.383 e. The van der Waals surface area contributed by atoms with E-state index in [0.717, 1.165) is 11.1 Å². The Morgan fingerprint density at radius 2 is 1.93 bits per heavy atom. The second-order valence-electron chi connectivity index (χ2n) is 2.92. The van der Waals surface area contributed by atoms with Gasteiger partial charge in [-0.05, 0) is 18.2 Å². The Kier molecular flexibility index (Phi) is 2.75. The molecule has 0 aliphatic carbocycles. The number of hydrogen-bond acceptors (Lipinski definition) is 3. The molecule has 2 heterocycles. The van der Waals surface area contributed by atoms with Crippen LogP contribution in [0.3, 0.4) is 0 Å².